The van der Waals surface area contributed by atoms with E-state index in [1.54, 1.807) is 6.92 Å². The summed E-state index contributed by atoms with van der Waals surface area (Å²) in [5, 5.41) is 8.03. The lowest BCUT2D eigenvalue weighted by Gasteiger charge is -2.10. The number of nitrogens with one attached hydrogen (secondary N) is 1. The van der Waals surface area contributed by atoms with Crippen LogP contribution in [-0.4, -0.2) is 11.3 Å². The molecule has 0 saturated heterocycles. The fourth-order valence-electron chi connectivity index (χ4n) is 1.05. The molecule has 0 aliphatic carbocycles. The minimum atomic E-state index is 0.0134. The van der Waals surface area contributed by atoms with Crippen molar-refractivity contribution < 1.29 is 0 Å². The number of hydrogen-bond acceptors (Lipinski definition) is 3. The maximum Gasteiger partial charge on any atom is 0.0658 e. The van der Waals surface area contributed by atoms with Gasteiger partial charge in [0.2, 0.25) is 0 Å². The van der Waals surface area contributed by atoms with Crippen LogP contribution in [0, 0.1) is 10.8 Å². The standard InChI is InChI=1S/C11H16N2S/c1-8-10(14-9(2)12)5-6-11(3,4)7-13-8/h5-7,12H,1-4H3. The lowest BCUT2D eigenvalue weighted by Crippen LogP contribution is -2.07. The number of thioether (sulfide) groups is 1. The second kappa shape index (κ2) is 4.13. The van der Waals surface area contributed by atoms with Crippen LogP contribution >= 0.6 is 11.8 Å². The molecule has 2 nitrogen and oxygen atoms in total. The van der Waals surface area contributed by atoms with Crippen LogP contribution in [0.2, 0.25) is 0 Å². The van der Waals surface area contributed by atoms with E-state index >= 15 is 0 Å². The van der Waals surface area contributed by atoms with Crippen molar-refractivity contribution in [2.75, 3.05) is 0 Å². The molecule has 1 rings (SSSR count). The molecule has 0 aromatic rings. The van der Waals surface area contributed by atoms with Crippen molar-refractivity contribution in [3.8, 4) is 0 Å². The number of rotatable bonds is 1. The van der Waals surface area contributed by atoms with Gasteiger partial charge < -0.3 is 0 Å². The Morgan fingerprint density at radius 2 is 2.14 bits per heavy atom. The Labute approximate surface area is 89.7 Å². The Morgan fingerprint density at radius 3 is 2.71 bits per heavy atom. The van der Waals surface area contributed by atoms with E-state index in [1.807, 2.05) is 13.1 Å². The van der Waals surface area contributed by atoms with Gasteiger partial charge in [-0.3, -0.25) is 10.4 Å². The fraction of sp³-hybridized carbons (Fsp3) is 0.455. The van der Waals surface area contributed by atoms with Crippen molar-refractivity contribution >= 4 is 23.0 Å². The van der Waals surface area contributed by atoms with Crippen molar-refractivity contribution in [2.45, 2.75) is 27.7 Å². The molecule has 0 saturated carbocycles. The van der Waals surface area contributed by atoms with Crippen molar-refractivity contribution in [1.29, 1.82) is 5.41 Å². The highest BCUT2D eigenvalue weighted by atomic mass is 32.2. The molecule has 3 heteroatoms. The number of aliphatic imine (C=N–C) groups is 1. The van der Waals surface area contributed by atoms with Crippen molar-refractivity contribution in [3.05, 3.63) is 22.8 Å². The summed E-state index contributed by atoms with van der Waals surface area (Å²) in [6.45, 7) is 8.00. The van der Waals surface area contributed by atoms with E-state index in [2.05, 4.69) is 31.0 Å². The van der Waals surface area contributed by atoms with Crippen LogP contribution in [0.4, 0.5) is 0 Å². The first-order valence-corrected chi connectivity index (χ1v) is 5.41. The topological polar surface area (TPSA) is 36.2 Å². The maximum absolute atomic E-state index is 7.43. The molecule has 1 aliphatic rings. The molecule has 1 N–H and O–H groups in total. The van der Waals surface area contributed by atoms with Gasteiger partial charge in [0.05, 0.1) is 10.7 Å². The molecule has 1 aliphatic heterocycles. The molecule has 0 spiro atoms. The summed E-state index contributed by atoms with van der Waals surface area (Å²) in [7, 11) is 0. The van der Waals surface area contributed by atoms with Crippen molar-refractivity contribution in [1.82, 2.24) is 0 Å². The molecule has 76 valence electrons. The summed E-state index contributed by atoms with van der Waals surface area (Å²) in [4.78, 5) is 5.45. The number of nitrogens with zero attached hydrogens (tertiary/aromatic N) is 1. The Kier molecular flexibility index (Phi) is 3.32. The van der Waals surface area contributed by atoms with Gasteiger partial charge in [0, 0.05) is 16.5 Å². The molecule has 0 aromatic heterocycles. The predicted molar refractivity (Wildman–Crippen MR) is 65.1 cm³/mol. The summed E-state index contributed by atoms with van der Waals surface area (Å²) in [5.74, 6) is 0. The van der Waals surface area contributed by atoms with E-state index in [4.69, 9.17) is 5.41 Å². The minimum Gasteiger partial charge on any atom is -0.298 e. The van der Waals surface area contributed by atoms with E-state index in [-0.39, 0.29) is 5.41 Å². The molecule has 0 amide bonds. The third-order valence-electron chi connectivity index (χ3n) is 1.87. The molecule has 0 aromatic carbocycles. The normalized spacial score (nSPS) is 19.7. The van der Waals surface area contributed by atoms with E-state index in [0.717, 1.165) is 10.6 Å². The van der Waals surface area contributed by atoms with Crippen molar-refractivity contribution in [3.63, 3.8) is 0 Å². The molecule has 0 radical (unpaired) electrons. The Morgan fingerprint density at radius 1 is 1.50 bits per heavy atom. The summed E-state index contributed by atoms with van der Waals surface area (Å²) in [6.07, 6.45) is 6.13. The van der Waals surface area contributed by atoms with E-state index in [9.17, 15) is 0 Å². The SMILES string of the molecule is CC(=N)SC1=C(C)N=CC(C)(C)C=C1. The quantitative estimate of drug-likeness (QED) is 0.518. The predicted octanol–water partition coefficient (Wildman–Crippen LogP) is 3.62. The third kappa shape index (κ3) is 3.14. The van der Waals surface area contributed by atoms with E-state index in [0.29, 0.717) is 5.04 Å². The first kappa shape index (κ1) is 11.2. The van der Waals surface area contributed by atoms with Crippen LogP contribution in [0.5, 0.6) is 0 Å². The van der Waals surface area contributed by atoms with Gasteiger partial charge in [0.15, 0.2) is 0 Å². The summed E-state index contributed by atoms with van der Waals surface area (Å²) in [5.41, 5.74) is 1.00. The van der Waals surface area contributed by atoms with Gasteiger partial charge >= 0.3 is 0 Å². The van der Waals surface area contributed by atoms with Crippen LogP contribution < -0.4 is 0 Å². The second-order valence-electron chi connectivity index (χ2n) is 4.02. The van der Waals surface area contributed by atoms with Gasteiger partial charge in [0.1, 0.15) is 0 Å². The van der Waals surface area contributed by atoms with Crippen molar-refractivity contribution in [2.24, 2.45) is 10.4 Å². The smallest absolute Gasteiger partial charge is 0.0658 e. The molecule has 0 fully saturated rings. The van der Waals surface area contributed by atoms with E-state index < -0.39 is 0 Å². The number of allylic oxidation sites excluding steroid dienone is 3. The van der Waals surface area contributed by atoms with E-state index in [1.165, 1.54) is 11.8 Å². The summed E-state index contributed by atoms with van der Waals surface area (Å²) >= 11 is 1.46. The highest BCUT2D eigenvalue weighted by Gasteiger charge is 2.14. The first-order chi connectivity index (χ1) is 6.41. The summed E-state index contributed by atoms with van der Waals surface area (Å²) < 4.78 is 0. The van der Waals surface area contributed by atoms with Crippen LogP contribution in [0.3, 0.4) is 0 Å². The molecule has 0 atom stereocenters. The highest BCUT2D eigenvalue weighted by molar-refractivity contribution is 8.17. The monoisotopic (exact) mass is 208 g/mol. The molecule has 0 unspecified atom stereocenters. The van der Waals surface area contributed by atoms with Crippen LogP contribution in [0.15, 0.2) is 27.7 Å². The van der Waals surface area contributed by atoms with Crippen LogP contribution in [0.25, 0.3) is 0 Å². The zero-order chi connectivity index (χ0) is 10.8. The zero-order valence-corrected chi connectivity index (χ0v) is 9.90. The molecule has 1 heterocycles. The van der Waals surface area contributed by atoms with Gasteiger partial charge in [-0.1, -0.05) is 31.7 Å². The van der Waals surface area contributed by atoms with Crippen LogP contribution in [-0.2, 0) is 0 Å². The largest absolute Gasteiger partial charge is 0.298 e. The number of hydrogen-bond donors (Lipinski definition) is 1. The Balaban J connectivity index is 2.95. The second-order valence-corrected chi connectivity index (χ2v) is 5.28. The lowest BCUT2D eigenvalue weighted by molar-refractivity contribution is 0.694. The van der Waals surface area contributed by atoms with Gasteiger partial charge in [0.25, 0.3) is 0 Å². The average Bonchev–Trinajstić information content (AvgIpc) is 2.17. The highest BCUT2D eigenvalue weighted by Crippen LogP contribution is 2.28. The lowest BCUT2D eigenvalue weighted by atomic mass is 9.95. The Hall–Kier alpha value is -0.830. The maximum atomic E-state index is 7.43. The minimum absolute atomic E-state index is 0.0134. The van der Waals surface area contributed by atoms with Gasteiger partial charge in [-0.15, -0.1) is 0 Å². The molecular weight excluding hydrogens is 192 g/mol. The molecule has 0 bridgehead atoms. The molecular formula is C11H16N2S. The first-order valence-electron chi connectivity index (χ1n) is 4.59. The van der Waals surface area contributed by atoms with Crippen LogP contribution in [0.1, 0.15) is 27.7 Å². The summed E-state index contributed by atoms with van der Waals surface area (Å²) in [6, 6.07) is 0. The van der Waals surface area contributed by atoms with Gasteiger partial charge in [-0.25, -0.2) is 0 Å². The van der Waals surface area contributed by atoms with Gasteiger partial charge in [-0.2, -0.15) is 0 Å². The Bertz CT molecular complexity index is 335. The molecule has 14 heavy (non-hydrogen) atoms. The fourth-order valence-corrected chi connectivity index (χ4v) is 1.72. The zero-order valence-electron chi connectivity index (χ0n) is 9.09. The third-order valence-corrected chi connectivity index (χ3v) is 2.83. The van der Waals surface area contributed by atoms with Gasteiger partial charge in [-0.05, 0) is 19.9 Å². The average molecular weight is 208 g/mol.